The molecule has 1 spiro atoms. The van der Waals surface area contributed by atoms with Crippen LogP contribution in [0.3, 0.4) is 0 Å². The molecule has 1 saturated heterocycles. The maximum Gasteiger partial charge on any atom is 0.325 e. The molecular weight excluding hydrogens is 362 g/mol. The number of thioether (sulfide) groups is 1. The Labute approximate surface area is 164 Å². The molecule has 2 aliphatic rings. The first-order valence-electron chi connectivity index (χ1n) is 9.61. The van der Waals surface area contributed by atoms with Gasteiger partial charge in [-0.2, -0.15) is 0 Å². The van der Waals surface area contributed by atoms with E-state index in [1.807, 2.05) is 25.1 Å². The molecule has 1 saturated carbocycles. The summed E-state index contributed by atoms with van der Waals surface area (Å²) in [6.07, 6.45) is 4.41. The molecule has 2 fully saturated rings. The van der Waals surface area contributed by atoms with Crippen molar-refractivity contribution < 1.29 is 14.4 Å². The number of hydrogen-bond acceptors (Lipinski definition) is 4. The summed E-state index contributed by atoms with van der Waals surface area (Å²) in [4.78, 5) is 39.6. The zero-order valence-corrected chi connectivity index (χ0v) is 16.5. The van der Waals surface area contributed by atoms with Crippen molar-refractivity contribution in [3.8, 4) is 0 Å². The molecule has 2 atom stereocenters. The number of rotatable bonds is 7. The van der Waals surface area contributed by atoms with Gasteiger partial charge in [0.05, 0.1) is 0 Å². The van der Waals surface area contributed by atoms with Gasteiger partial charge in [-0.1, -0.05) is 38.0 Å². The SMILES string of the molecule is C[C@H]1CCCC[C@@]12NC(=O)N(CC(=O)NCCCSc1ccccc1)C2=O. The Hall–Kier alpha value is -2.02. The Morgan fingerprint density at radius 2 is 2.07 bits per heavy atom. The second-order valence-corrected chi connectivity index (χ2v) is 8.47. The zero-order valence-electron chi connectivity index (χ0n) is 15.7. The van der Waals surface area contributed by atoms with Crippen molar-refractivity contribution in [3.63, 3.8) is 0 Å². The van der Waals surface area contributed by atoms with Crippen LogP contribution < -0.4 is 10.6 Å². The van der Waals surface area contributed by atoms with Gasteiger partial charge in [0.25, 0.3) is 5.91 Å². The number of benzene rings is 1. The summed E-state index contributed by atoms with van der Waals surface area (Å²) in [6.45, 7) is 2.33. The fourth-order valence-electron chi connectivity index (χ4n) is 3.85. The standard InChI is InChI=1S/C20H27N3O3S/c1-15-8-5-6-11-20(15)18(25)23(19(26)22-20)14-17(24)21-12-7-13-27-16-9-3-2-4-10-16/h2-4,9-10,15H,5-8,11-14H2,1H3,(H,21,24)(H,22,26)/t15-,20+/m0/s1. The van der Waals surface area contributed by atoms with Crippen LogP contribution in [0.4, 0.5) is 4.79 Å². The van der Waals surface area contributed by atoms with Crippen molar-refractivity contribution in [3.05, 3.63) is 30.3 Å². The van der Waals surface area contributed by atoms with Crippen LogP contribution >= 0.6 is 11.8 Å². The van der Waals surface area contributed by atoms with Gasteiger partial charge < -0.3 is 10.6 Å². The first-order valence-corrected chi connectivity index (χ1v) is 10.6. The topological polar surface area (TPSA) is 78.5 Å². The third-order valence-electron chi connectivity index (χ3n) is 5.46. The molecule has 4 amide bonds. The minimum absolute atomic E-state index is 0.103. The van der Waals surface area contributed by atoms with Crippen LogP contribution in [-0.2, 0) is 9.59 Å². The Bertz CT molecular complexity index is 697. The minimum atomic E-state index is -0.804. The van der Waals surface area contributed by atoms with E-state index in [1.54, 1.807) is 11.8 Å². The van der Waals surface area contributed by atoms with Crippen LogP contribution in [0.15, 0.2) is 35.2 Å². The Morgan fingerprint density at radius 3 is 2.81 bits per heavy atom. The van der Waals surface area contributed by atoms with E-state index in [2.05, 4.69) is 22.8 Å². The van der Waals surface area contributed by atoms with E-state index in [0.29, 0.717) is 13.0 Å². The largest absolute Gasteiger partial charge is 0.355 e. The summed E-state index contributed by atoms with van der Waals surface area (Å²) in [7, 11) is 0. The second kappa shape index (κ2) is 8.78. The van der Waals surface area contributed by atoms with Gasteiger partial charge in [0, 0.05) is 11.4 Å². The minimum Gasteiger partial charge on any atom is -0.355 e. The predicted molar refractivity (Wildman–Crippen MR) is 105 cm³/mol. The summed E-state index contributed by atoms with van der Waals surface area (Å²) in [5.41, 5.74) is -0.804. The number of carbonyl (C=O) groups excluding carboxylic acids is 3. The highest BCUT2D eigenvalue weighted by Gasteiger charge is 2.55. The first-order chi connectivity index (χ1) is 13.0. The number of imide groups is 1. The van der Waals surface area contributed by atoms with Crippen molar-refractivity contribution in [2.75, 3.05) is 18.8 Å². The quantitative estimate of drug-likeness (QED) is 0.427. The van der Waals surface area contributed by atoms with E-state index >= 15 is 0 Å². The molecule has 1 heterocycles. The second-order valence-electron chi connectivity index (χ2n) is 7.30. The highest BCUT2D eigenvalue weighted by molar-refractivity contribution is 7.99. The van der Waals surface area contributed by atoms with Crippen LogP contribution in [0.25, 0.3) is 0 Å². The highest BCUT2D eigenvalue weighted by atomic mass is 32.2. The highest BCUT2D eigenvalue weighted by Crippen LogP contribution is 2.38. The number of hydrogen-bond donors (Lipinski definition) is 2. The third-order valence-corrected chi connectivity index (χ3v) is 6.56. The van der Waals surface area contributed by atoms with E-state index in [1.165, 1.54) is 4.90 Å². The van der Waals surface area contributed by atoms with Crippen LogP contribution in [0, 0.1) is 5.92 Å². The van der Waals surface area contributed by atoms with Gasteiger partial charge in [0.15, 0.2) is 0 Å². The molecule has 27 heavy (non-hydrogen) atoms. The summed E-state index contributed by atoms with van der Waals surface area (Å²) in [5, 5.41) is 5.69. The molecule has 146 valence electrons. The lowest BCUT2D eigenvalue weighted by atomic mass is 9.73. The Kier molecular flexibility index (Phi) is 6.42. The van der Waals surface area contributed by atoms with Gasteiger partial charge in [0.2, 0.25) is 5.91 Å². The molecule has 2 N–H and O–H groups in total. The van der Waals surface area contributed by atoms with Gasteiger partial charge in [-0.25, -0.2) is 4.79 Å². The van der Waals surface area contributed by atoms with E-state index in [9.17, 15) is 14.4 Å². The maximum absolute atomic E-state index is 12.8. The molecule has 1 aromatic carbocycles. The number of nitrogens with one attached hydrogen (secondary N) is 2. The van der Waals surface area contributed by atoms with Crippen LogP contribution in [-0.4, -0.2) is 47.1 Å². The van der Waals surface area contributed by atoms with E-state index in [4.69, 9.17) is 0 Å². The molecule has 0 aromatic heterocycles. The van der Waals surface area contributed by atoms with Crippen LogP contribution in [0.1, 0.15) is 39.0 Å². The normalized spacial score (nSPS) is 24.9. The third kappa shape index (κ3) is 4.46. The van der Waals surface area contributed by atoms with Crippen molar-refractivity contribution in [2.45, 2.75) is 49.5 Å². The van der Waals surface area contributed by atoms with Crippen molar-refractivity contribution in [1.82, 2.24) is 15.5 Å². The van der Waals surface area contributed by atoms with Crippen molar-refractivity contribution in [1.29, 1.82) is 0 Å². The molecular formula is C20H27N3O3S. The summed E-state index contributed by atoms with van der Waals surface area (Å²) >= 11 is 1.74. The van der Waals surface area contributed by atoms with Crippen molar-refractivity contribution >= 4 is 29.6 Å². The lowest BCUT2D eigenvalue weighted by Crippen LogP contribution is -2.54. The number of nitrogens with zero attached hydrogens (tertiary/aromatic N) is 1. The Balaban J connectivity index is 1.42. The van der Waals surface area contributed by atoms with E-state index in [-0.39, 0.29) is 24.3 Å². The molecule has 6 nitrogen and oxygen atoms in total. The van der Waals surface area contributed by atoms with Gasteiger partial charge in [-0.3, -0.25) is 14.5 Å². The van der Waals surface area contributed by atoms with Gasteiger partial charge in [0.1, 0.15) is 12.1 Å². The molecule has 0 radical (unpaired) electrons. The Morgan fingerprint density at radius 1 is 1.30 bits per heavy atom. The smallest absolute Gasteiger partial charge is 0.325 e. The van der Waals surface area contributed by atoms with Crippen LogP contribution in [0.2, 0.25) is 0 Å². The van der Waals surface area contributed by atoms with Crippen LogP contribution in [0.5, 0.6) is 0 Å². The summed E-state index contributed by atoms with van der Waals surface area (Å²) in [5.74, 6) is 0.470. The van der Waals surface area contributed by atoms with E-state index in [0.717, 1.165) is 36.3 Å². The fraction of sp³-hybridized carbons (Fsp3) is 0.550. The number of urea groups is 1. The fourth-order valence-corrected chi connectivity index (χ4v) is 4.72. The van der Waals surface area contributed by atoms with E-state index < -0.39 is 11.6 Å². The lowest BCUT2D eigenvalue weighted by Gasteiger charge is -2.36. The number of amides is 4. The molecule has 1 aromatic rings. The van der Waals surface area contributed by atoms with Gasteiger partial charge in [-0.15, -0.1) is 11.8 Å². The monoisotopic (exact) mass is 389 g/mol. The molecule has 0 bridgehead atoms. The zero-order chi connectivity index (χ0) is 19.3. The first kappa shape index (κ1) is 19.7. The lowest BCUT2D eigenvalue weighted by molar-refractivity contribution is -0.137. The molecule has 7 heteroatoms. The average Bonchev–Trinajstić information content (AvgIpc) is 2.90. The molecule has 3 rings (SSSR count). The molecule has 0 unspecified atom stereocenters. The molecule has 1 aliphatic carbocycles. The average molecular weight is 390 g/mol. The van der Waals surface area contributed by atoms with Gasteiger partial charge >= 0.3 is 6.03 Å². The summed E-state index contributed by atoms with van der Waals surface area (Å²) in [6, 6.07) is 9.66. The maximum atomic E-state index is 12.8. The summed E-state index contributed by atoms with van der Waals surface area (Å²) < 4.78 is 0. The molecule has 1 aliphatic heterocycles. The van der Waals surface area contributed by atoms with Crippen molar-refractivity contribution in [2.24, 2.45) is 5.92 Å². The van der Waals surface area contributed by atoms with Gasteiger partial charge in [-0.05, 0) is 43.1 Å². The number of carbonyl (C=O) groups is 3. The predicted octanol–water partition coefficient (Wildman–Crippen LogP) is 2.79.